The molecule has 4 heteroatoms. The number of amides is 1. The second-order valence-electron chi connectivity index (χ2n) is 6.06. The number of nitrogens with two attached hydrogens (primary N) is 1. The molecule has 1 aliphatic carbocycles. The maximum absolute atomic E-state index is 11.6. The van der Waals surface area contributed by atoms with Gasteiger partial charge in [0.2, 0.25) is 5.91 Å². The number of rotatable bonds is 6. The van der Waals surface area contributed by atoms with Gasteiger partial charge in [-0.05, 0) is 50.5 Å². The molecule has 1 fully saturated rings. The van der Waals surface area contributed by atoms with Gasteiger partial charge in [0.05, 0.1) is 5.60 Å². The van der Waals surface area contributed by atoms with E-state index in [0.29, 0.717) is 31.3 Å². The van der Waals surface area contributed by atoms with E-state index < -0.39 is 5.60 Å². The summed E-state index contributed by atoms with van der Waals surface area (Å²) in [6.45, 7) is 5.28. The molecule has 18 heavy (non-hydrogen) atoms. The lowest BCUT2D eigenvalue weighted by Gasteiger charge is -2.35. The maximum atomic E-state index is 11.6. The third kappa shape index (κ3) is 5.36. The lowest BCUT2D eigenvalue weighted by Crippen LogP contribution is -2.45. The van der Waals surface area contributed by atoms with Crippen molar-refractivity contribution in [2.24, 2.45) is 17.6 Å². The van der Waals surface area contributed by atoms with E-state index in [-0.39, 0.29) is 5.91 Å². The predicted molar refractivity (Wildman–Crippen MR) is 73.0 cm³/mol. The molecule has 1 saturated carbocycles. The molecule has 1 rings (SSSR count). The van der Waals surface area contributed by atoms with Crippen LogP contribution in [0.1, 0.15) is 52.4 Å². The van der Waals surface area contributed by atoms with Crippen molar-refractivity contribution in [1.82, 2.24) is 5.32 Å². The Morgan fingerprint density at radius 1 is 1.50 bits per heavy atom. The van der Waals surface area contributed by atoms with E-state index in [4.69, 9.17) is 5.73 Å². The topological polar surface area (TPSA) is 75.4 Å². The molecule has 0 aromatic rings. The molecule has 0 aromatic carbocycles. The van der Waals surface area contributed by atoms with Crippen molar-refractivity contribution in [1.29, 1.82) is 0 Å². The summed E-state index contributed by atoms with van der Waals surface area (Å²) in [7, 11) is 0. The zero-order chi connectivity index (χ0) is 13.6. The zero-order valence-corrected chi connectivity index (χ0v) is 11.7. The molecule has 0 spiro atoms. The Morgan fingerprint density at radius 2 is 2.11 bits per heavy atom. The Hall–Kier alpha value is -0.610. The van der Waals surface area contributed by atoms with Crippen molar-refractivity contribution >= 4 is 5.91 Å². The molecule has 0 bridgehead atoms. The Morgan fingerprint density at radius 3 is 2.67 bits per heavy atom. The second kappa shape index (κ2) is 7.10. The standard InChI is InChI=1S/C14H28N2O2/c1-11-5-7-14(18,8-6-11)10-16-13(17)4-3-12(2)9-15/h11-12,18H,3-10,15H2,1-2H3,(H,16,17). The van der Waals surface area contributed by atoms with Crippen LogP contribution in [0.2, 0.25) is 0 Å². The Kier molecular flexibility index (Phi) is 6.09. The van der Waals surface area contributed by atoms with Crippen LogP contribution in [0.25, 0.3) is 0 Å². The largest absolute Gasteiger partial charge is 0.388 e. The minimum absolute atomic E-state index is 0.0300. The number of hydrogen-bond acceptors (Lipinski definition) is 3. The summed E-state index contributed by atoms with van der Waals surface area (Å²) in [5.41, 5.74) is 4.83. The van der Waals surface area contributed by atoms with Crippen LogP contribution in [0.5, 0.6) is 0 Å². The van der Waals surface area contributed by atoms with Gasteiger partial charge in [-0.2, -0.15) is 0 Å². The average Bonchev–Trinajstić information content (AvgIpc) is 2.37. The van der Waals surface area contributed by atoms with Crippen LogP contribution in [0.4, 0.5) is 0 Å². The van der Waals surface area contributed by atoms with E-state index in [9.17, 15) is 9.90 Å². The van der Waals surface area contributed by atoms with Crippen molar-refractivity contribution in [3.05, 3.63) is 0 Å². The van der Waals surface area contributed by atoms with Gasteiger partial charge in [-0.15, -0.1) is 0 Å². The van der Waals surface area contributed by atoms with Crippen LogP contribution < -0.4 is 11.1 Å². The van der Waals surface area contributed by atoms with Crippen LogP contribution in [0.3, 0.4) is 0 Å². The normalized spacial score (nSPS) is 29.9. The first-order chi connectivity index (χ1) is 8.45. The Bertz CT molecular complexity index is 261. The highest BCUT2D eigenvalue weighted by molar-refractivity contribution is 5.75. The number of carbonyl (C=O) groups excluding carboxylic acids is 1. The first-order valence-electron chi connectivity index (χ1n) is 7.14. The summed E-state index contributed by atoms with van der Waals surface area (Å²) in [5, 5.41) is 13.2. The zero-order valence-electron chi connectivity index (χ0n) is 11.7. The molecule has 1 atom stereocenters. The molecule has 1 unspecified atom stereocenters. The first kappa shape index (κ1) is 15.4. The second-order valence-corrected chi connectivity index (χ2v) is 6.06. The molecule has 0 aromatic heterocycles. The van der Waals surface area contributed by atoms with Crippen LogP contribution in [-0.4, -0.2) is 29.7 Å². The molecule has 4 N–H and O–H groups in total. The van der Waals surface area contributed by atoms with Gasteiger partial charge in [0.1, 0.15) is 0 Å². The van der Waals surface area contributed by atoms with Gasteiger partial charge in [0.25, 0.3) is 0 Å². The molecule has 0 heterocycles. The van der Waals surface area contributed by atoms with Gasteiger partial charge >= 0.3 is 0 Å². The average molecular weight is 256 g/mol. The number of hydrogen-bond donors (Lipinski definition) is 3. The summed E-state index contributed by atoms with van der Waals surface area (Å²) in [6.07, 6.45) is 5.02. The Balaban J connectivity index is 2.21. The van der Waals surface area contributed by atoms with Crippen molar-refractivity contribution in [3.8, 4) is 0 Å². The maximum Gasteiger partial charge on any atom is 0.220 e. The predicted octanol–water partition coefficient (Wildman–Crippen LogP) is 1.42. The van der Waals surface area contributed by atoms with Gasteiger partial charge in [0.15, 0.2) is 0 Å². The fourth-order valence-electron chi connectivity index (χ4n) is 2.32. The number of aliphatic hydroxyl groups is 1. The number of nitrogens with one attached hydrogen (secondary N) is 1. The molecule has 1 amide bonds. The van der Waals surface area contributed by atoms with Crippen molar-refractivity contribution in [3.63, 3.8) is 0 Å². The molecule has 4 nitrogen and oxygen atoms in total. The molecule has 1 aliphatic rings. The van der Waals surface area contributed by atoms with E-state index in [1.165, 1.54) is 0 Å². The molecule has 106 valence electrons. The van der Waals surface area contributed by atoms with E-state index in [1.54, 1.807) is 0 Å². The van der Waals surface area contributed by atoms with Gasteiger partial charge in [-0.3, -0.25) is 4.79 Å². The third-order valence-electron chi connectivity index (χ3n) is 4.09. The monoisotopic (exact) mass is 256 g/mol. The van der Waals surface area contributed by atoms with E-state index >= 15 is 0 Å². The molecule has 0 radical (unpaired) electrons. The summed E-state index contributed by atoms with van der Waals surface area (Å²) < 4.78 is 0. The highest BCUT2D eigenvalue weighted by Crippen LogP contribution is 2.31. The van der Waals surface area contributed by atoms with Crippen molar-refractivity contribution < 1.29 is 9.90 Å². The third-order valence-corrected chi connectivity index (χ3v) is 4.09. The molecule has 0 saturated heterocycles. The van der Waals surface area contributed by atoms with Crippen LogP contribution in [0, 0.1) is 11.8 Å². The van der Waals surface area contributed by atoms with Crippen LogP contribution in [-0.2, 0) is 4.79 Å². The van der Waals surface area contributed by atoms with Gasteiger partial charge in [0, 0.05) is 13.0 Å². The quantitative estimate of drug-likeness (QED) is 0.673. The lowest BCUT2D eigenvalue weighted by molar-refractivity contribution is -0.123. The molecular weight excluding hydrogens is 228 g/mol. The van der Waals surface area contributed by atoms with E-state index in [2.05, 4.69) is 12.2 Å². The van der Waals surface area contributed by atoms with Gasteiger partial charge in [-0.1, -0.05) is 13.8 Å². The van der Waals surface area contributed by atoms with Gasteiger partial charge in [-0.25, -0.2) is 0 Å². The minimum Gasteiger partial charge on any atom is -0.388 e. The number of carbonyl (C=O) groups is 1. The smallest absolute Gasteiger partial charge is 0.220 e. The summed E-state index contributed by atoms with van der Waals surface area (Å²) in [6, 6.07) is 0. The van der Waals surface area contributed by atoms with Crippen molar-refractivity contribution in [2.45, 2.75) is 58.0 Å². The van der Waals surface area contributed by atoms with Crippen LogP contribution >= 0.6 is 0 Å². The highest BCUT2D eigenvalue weighted by atomic mass is 16.3. The van der Waals surface area contributed by atoms with E-state index in [0.717, 1.165) is 32.1 Å². The van der Waals surface area contributed by atoms with Crippen molar-refractivity contribution in [2.75, 3.05) is 13.1 Å². The highest BCUT2D eigenvalue weighted by Gasteiger charge is 2.31. The van der Waals surface area contributed by atoms with E-state index in [1.807, 2.05) is 6.92 Å². The fourth-order valence-corrected chi connectivity index (χ4v) is 2.32. The summed E-state index contributed by atoms with van der Waals surface area (Å²) in [4.78, 5) is 11.6. The molecular formula is C14H28N2O2. The van der Waals surface area contributed by atoms with Crippen LogP contribution in [0.15, 0.2) is 0 Å². The summed E-state index contributed by atoms with van der Waals surface area (Å²) in [5.74, 6) is 1.11. The first-order valence-corrected chi connectivity index (χ1v) is 7.14. The lowest BCUT2D eigenvalue weighted by atomic mass is 9.79. The Labute approximate surface area is 110 Å². The minimum atomic E-state index is -0.679. The molecule has 0 aliphatic heterocycles. The van der Waals surface area contributed by atoms with Gasteiger partial charge < -0.3 is 16.2 Å². The fraction of sp³-hybridized carbons (Fsp3) is 0.929. The SMILES string of the molecule is CC(CN)CCC(=O)NCC1(O)CCC(C)CC1. The summed E-state index contributed by atoms with van der Waals surface area (Å²) >= 11 is 0.